The van der Waals surface area contributed by atoms with Crippen molar-refractivity contribution >= 4 is 11.6 Å². The van der Waals surface area contributed by atoms with Gasteiger partial charge in [-0.25, -0.2) is 14.7 Å². The molecule has 0 fully saturated rings. The molecule has 0 radical (unpaired) electrons. The first-order valence-corrected chi connectivity index (χ1v) is 5.48. The van der Waals surface area contributed by atoms with E-state index in [0.29, 0.717) is 12.5 Å². The van der Waals surface area contributed by atoms with Crippen molar-refractivity contribution in [3.63, 3.8) is 0 Å². The van der Waals surface area contributed by atoms with E-state index in [-0.39, 0.29) is 0 Å². The molecule has 1 aromatic heterocycles. The monoisotopic (exact) mass is 234 g/mol. The maximum Gasteiger partial charge on any atom is 0.184 e. The summed E-state index contributed by atoms with van der Waals surface area (Å²) in [5, 5.41) is 4.22. The van der Waals surface area contributed by atoms with Crippen LogP contribution in [0.4, 0.5) is 0 Å². The van der Waals surface area contributed by atoms with Gasteiger partial charge in [0, 0.05) is 13.1 Å². The molecule has 92 valence electrons. The van der Waals surface area contributed by atoms with Gasteiger partial charge in [0.25, 0.3) is 0 Å². The molecule has 1 rings (SSSR count). The number of aliphatic imine (C=N–C) groups is 1. The van der Waals surface area contributed by atoms with Crippen LogP contribution in [-0.2, 0) is 4.74 Å². The summed E-state index contributed by atoms with van der Waals surface area (Å²) in [5.41, 5.74) is 0.719. The minimum atomic E-state index is 0.617. The fourth-order valence-electron chi connectivity index (χ4n) is 1.34. The van der Waals surface area contributed by atoms with Crippen LogP contribution in [0.2, 0.25) is 0 Å². The van der Waals surface area contributed by atoms with E-state index in [0.717, 1.165) is 17.3 Å². The first kappa shape index (κ1) is 13.2. The predicted molar refractivity (Wildman–Crippen MR) is 68.7 cm³/mol. The van der Waals surface area contributed by atoms with E-state index in [9.17, 15) is 0 Å². The second-order valence-corrected chi connectivity index (χ2v) is 3.51. The summed E-state index contributed by atoms with van der Waals surface area (Å²) < 4.78 is 6.87. The Balaban J connectivity index is 2.70. The molecule has 1 aromatic rings. The van der Waals surface area contributed by atoms with Crippen molar-refractivity contribution in [3.8, 4) is 0 Å². The van der Waals surface area contributed by atoms with Gasteiger partial charge in [-0.05, 0) is 26.8 Å². The fraction of sp³-hybridized carbons (Fsp3) is 0.417. The van der Waals surface area contributed by atoms with Crippen molar-refractivity contribution < 1.29 is 4.74 Å². The van der Waals surface area contributed by atoms with Gasteiger partial charge in [-0.1, -0.05) is 6.58 Å². The summed E-state index contributed by atoms with van der Waals surface area (Å²) in [6.07, 6.45) is 3.41. The zero-order chi connectivity index (χ0) is 12.8. The molecule has 0 aromatic carbocycles. The lowest BCUT2D eigenvalue weighted by Crippen LogP contribution is -1.99. The maximum absolute atomic E-state index is 5.19. The van der Waals surface area contributed by atoms with Crippen LogP contribution < -0.4 is 0 Å². The highest BCUT2D eigenvalue weighted by atomic mass is 16.5. The molecule has 0 saturated heterocycles. The van der Waals surface area contributed by atoms with Crippen LogP contribution in [0.5, 0.6) is 0 Å². The standard InChI is InChI=1S/C12H18N4O/c1-6-17-12(5)13-8-7-9(2)16-11(4)14-10(3)15-16/h7-8H,2,6H2,1,3-5H3/b8-7-,13-12+. The van der Waals surface area contributed by atoms with Gasteiger partial charge in [-0.3, -0.25) is 0 Å². The van der Waals surface area contributed by atoms with Crippen LogP contribution in [-0.4, -0.2) is 27.3 Å². The quantitative estimate of drug-likeness (QED) is 0.456. The van der Waals surface area contributed by atoms with E-state index >= 15 is 0 Å². The molecule has 0 spiro atoms. The van der Waals surface area contributed by atoms with Crippen LogP contribution in [0.15, 0.2) is 23.8 Å². The number of rotatable bonds is 4. The average molecular weight is 234 g/mol. The largest absolute Gasteiger partial charge is 0.481 e. The van der Waals surface area contributed by atoms with E-state index in [4.69, 9.17) is 4.74 Å². The normalized spacial score (nSPS) is 12.1. The lowest BCUT2D eigenvalue weighted by Gasteiger charge is -2.01. The lowest BCUT2D eigenvalue weighted by molar-refractivity contribution is 0.324. The van der Waals surface area contributed by atoms with Crippen molar-refractivity contribution in [2.75, 3.05) is 6.61 Å². The lowest BCUT2D eigenvalue weighted by atomic mass is 10.4. The fourth-order valence-corrected chi connectivity index (χ4v) is 1.34. The van der Waals surface area contributed by atoms with E-state index in [1.165, 1.54) is 0 Å². The topological polar surface area (TPSA) is 52.3 Å². The Bertz CT molecular complexity index is 457. The third-order valence-electron chi connectivity index (χ3n) is 2.02. The van der Waals surface area contributed by atoms with Crippen molar-refractivity contribution in [2.45, 2.75) is 27.7 Å². The Morgan fingerprint density at radius 3 is 2.76 bits per heavy atom. The molecule has 0 aliphatic heterocycles. The van der Waals surface area contributed by atoms with Crippen molar-refractivity contribution in [1.82, 2.24) is 14.8 Å². The molecule has 0 bridgehead atoms. The van der Waals surface area contributed by atoms with Crippen LogP contribution in [0.25, 0.3) is 5.70 Å². The zero-order valence-corrected chi connectivity index (χ0v) is 10.8. The summed E-state index contributed by atoms with van der Waals surface area (Å²) in [4.78, 5) is 8.31. The van der Waals surface area contributed by atoms with Gasteiger partial charge in [0.15, 0.2) is 5.90 Å². The molecule has 17 heavy (non-hydrogen) atoms. The Kier molecular flexibility index (Phi) is 4.63. The molecule has 0 aliphatic carbocycles. The SMILES string of the molecule is C=C(/C=C\N=C(/C)OCC)n1nc(C)nc1C. The number of hydrogen-bond acceptors (Lipinski definition) is 4. The summed E-state index contributed by atoms with van der Waals surface area (Å²) >= 11 is 0. The Labute approximate surface area is 102 Å². The number of ether oxygens (including phenoxy) is 1. The van der Waals surface area contributed by atoms with Gasteiger partial charge in [-0.2, -0.15) is 5.10 Å². The molecule has 5 heteroatoms. The number of aryl methyl sites for hydroxylation is 2. The summed E-state index contributed by atoms with van der Waals surface area (Å²) in [6.45, 7) is 12.0. The first-order chi connectivity index (χ1) is 8.04. The number of aromatic nitrogens is 3. The molecule has 0 saturated carbocycles. The molecule has 1 heterocycles. The second kappa shape index (κ2) is 5.98. The molecule has 0 atom stereocenters. The first-order valence-electron chi connectivity index (χ1n) is 5.48. The van der Waals surface area contributed by atoms with Gasteiger partial charge in [-0.15, -0.1) is 0 Å². The van der Waals surface area contributed by atoms with Crippen LogP contribution in [0, 0.1) is 13.8 Å². The Morgan fingerprint density at radius 1 is 1.53 bits per heavy atom. The van der Waals surface area contributed by atoms with Gasteiger partial charge in [0.2, 0.25) is 0 Å². The predicted octanol–water partition coefficient (Wildman–Crippen LogP) is 2.33. The van der Waals surface area contributed by atoms with Gasteiger partial charge >= 0.3 is 0 Å². The molecule has 0 N–H and O–H groups in total. The van der Waals surface area contributed by atoms with E-state index in [2.05, 4.69) is 21.7 Å². The number of nitrogens with zero attached hydrogens (tertiary/aromatic N) is 4. The van der Waals surface area contributed by atoms with Crippen LogP contribution >= 0.6 is 0 Å². The maximum atomic E-state index is 5.19. The average Bonchev–Trinajstić information content (AvgIpc) is 2.58. The third kappa shape index (κ3) is 3.86. The van der Waals surface area contributed by atoms with Crippen molar-refractivity contribution in [3.05, 3.63) is 30.5 Å². The Hall–Kier alpha value is -1.91. The highest BCUT2D eigenvalue weighted by Crippen LogP contribution is 2.06. The highest BCUT2D eigenvalue weighted by Gasteiger charge is 2.02. The molecule has 0 amide bonds. The minimum absolute atomic E-state index is 0.617. The van der Waals surface area contributed by atoms with E-state index < -0.39 is 0 Å². The molecular weight excluding hydrogens is 216 g/mol. The Morgan fingerprint density at radius 2 is 2.24 bits per heavy atom. The van der Waals surface area contributed by atoms with E-state index in [1.807, 2.05) is 27.7 Å². The molecule has 0 aliphatic rings. The summed E-state index contributed by atoms with van der Waals surface area (Å²) in [6, 6.07) is 0. The van der Waals surface area contributed by atoms with Crippen LogP contribution in [0.1, 0.15) is 25.5 Å². The second-order valence-electron chi connectivity index (χ2n) is 3.51. The van der Waals surface area contributed by atoms with Gasteiger partial charge in [0.1, 0.15) is 11.6 Å². The zero-order valence-electron chi connectivity index (χ0n) is 10.8. The van der Waals surface area contributed by atoms with Gasteiger partial charge in [0.05, 0.1) is 12.3 Å². The number of hydrogen-bond donors (Lipinski definition) is 0. The molecule has 0 unspecified atom stereocenters. The van der Waals surface area contributed by atoms with Gasteiger partial charge < -0.3 is 4.74 Å². The van der Waals surface area contributed by atoms with Crippen molar-refractivity contribution in [2.24, 2.45) is 4.99 Å². The molecular formula is C12H18N4O. The van der Waals surface area contributed by atoms with E-state index in [1.54, 1.807) is 17.0 Å². The minimum Gasteiger partial charge on any atom is -0.481 e. The smallest absolute Gasteiger partial charge is 0.184 e. The third-order valence-corrected chi connectivity index (χ3v) is 2.02. The molecule has 5 nitrogen and oxygen atoms in total. The summed E-state index contributed by atoms with van der Waals surface area (Å²) in [7, 11) is 0. The summed E-state index contributed by atoms with van der Waals surface area (Å²) in [5.74, 6) is 2.16. The van der Waals surface area contributed by atoms with Crippen LogP contribution in [0.3, 0.4) is 0 Å². The van der Waals surface area contributed by atoms with Crippen molar-refractivity contribution in [1.29, 1.82) is 0 Å². The number of allylic oxidation sites excluding steroid dienone is 2. The highest BCUT2D eigenvalue weighted by molar-refractivity contribution is 5.74.